The van der Waals surface area contributed by atoms with Gasteiger partial charge in [0.15, 0.2) is 0 Å². The third-order valence-corrected chi connectivity index (χ3v) is 3.00. The van der Waals surface area contributed by atoms with Crippen LogP contribution in [0.15, 0.2) is 36.9 Å². The Bertz CT molecular complexity index is 610. The molecular formula is C14H16N4O3. The SMILES string of the molecule is O=C(CCn1cncn1)NCCc1ccccc1C(=O)O. The van der Waals surface area contributed by atoms with Crippen LogP contribution in [0.3, 0.4) is 0 Å². The van der Waals surface area contributed by atoms with E-state index < -0.39 is 5.97 Å². The molecule has 0 aliphatic rings. The Morgan fingerprint density at radius 3 is 2.81 bits per heavy atom. The lowest BCUT2D eigenvalue weighted by atomic mass is 10.0. The van der Waals surface area contributed by atoms with Crippen LogP contribution in [0.2, 0.25) is 0 Å². The van der Waals surface area contributed by atoms with Gasteiger partial charge in [-0.2, -0.15) is 5.10 Å². The molecule has 0 saturated carbocycles. The van der Waals surface area contributed by atoms with E-state index in [9.17, 15) is 9.59 Å². The quantitative estimate of drug-likeness (QED) is 0.782. The molecule has 2 aromatic rings. The van der Waals surface area contributed by atoms with Crippen molar-refractivity contribution >= 4 is 11.9 Å². The van der Waals surface area contributed by atoms with Gasteiger partial charge in [-0.05, 0) is 18.1 Å². The highest BCUT2D eigenvalue weighted by Gasteiger charge is 2.09. The first-order valence-corrected chi connectivity index (χ1v) is 6.57. The molecule has 21 heavy (non-hydrogen) atoms. The second-order valence-corrected chi connectivity index (χ2v) is 4.47. The minimum atomic E-state index is -0.955. The molecule has 1 amide bonds. The number of aryl methyl sites for hydroxylation is 1. The molecule has 1 aromatic heterocycles. The summed E-state index contributed by atoms with van der Waals surface area (Å²) in [4.78, 5) is 26.5. The lowest BCUT2D eigenvalue weighted by Gasteiger charge is -2.07. The molecule has 0 saturated heterocycles. The summed E-state index contributed by atoms with van der Waals surface area (Å²) in [7, 11) is 0. The molecule has 0 atom stereocenters. The highest BCUT2D eigenvalue weighted by atomic mass is 16.4. The first kappa shape index (κ1) is 14.7. The predicted octanol–water partition coefficient (Wildman–Crippen LogP) is 0.725. The van der Waals surface area contributed by atoms with Crippen molar-refractivity contribution in [1.82, 2.24) is 20.1 Å². The fourth-order valence-corrected chi connectivity index (χ4v) is 1.94. The van der Waals surface area contributed by atoms with Crippen molar-refractivity contribution in [2.75, 3.05) is 6.54 Å². The molecule has 1 aromatic carbocycles. The van der Waals surface area contributed by atoms with Gasteiger partial charge in [-0.25, -0.2) is 9.78 Å². The number of carbonyl (C=O) groups is 2. The zero-order valence-corrected chi connectivity index (χ0v) is 11.4. The average Bonchev–Trinajstić information content (AvgIpc) is 2.99. The molecule has 110 valence electrons. The number of aromatic carboxylic acids is 1. The van der Waals surface area contributed by atoms with Crippen LogP contribution >= 0.6 is 0 Å². The van der Waals surface area contributed by atoms with Crippen LogP contribution in [-0.4, -0.2) is 38.3 Å². The van der Waals surface area contributed by atoms with E-state index in [0.29, 0.717) is 31.5 Å². The Kier molecular flexibility index (Phi) is 5.03. The zero-order valence-electron chi connectivity index (χ0n) is 11.4. The van der Waals surface area contributed by atoms with E-state index in [0.717, 1.165) is 0 Å². The van der Waals surface area contributed by atoms with Gasteiger partial charge in [0.25, 0.3) is 0 Å². The van der Waals surface area contributed by atoms with E-state index in [1.165, 1.54) is 6.33 Å². The number of hydrogen-bond donors (Lipinski definition) is 2. The number of nitrogens with zero attached hydrogens (tertiary/aromatic N) is 3. The summed E-state index contributed by atoms with van der Waals surface area (Å²) in [5.74, 6) is -1.05. The summed E-state index contributed by atoms with van der Waals surface area (Å²) in [6, 6.07) is 6.78. The number of carbonyl (C=O) groups excluding carboxylic acids is 1. The summed E-state index contributed by atoms with van der Waals surface area (Å²) in [6.07, 6.45) is 3.76. The Balaban J connectivity index is 1.76. The minimum Gasteiger partial charge on any atom is -0.478 e. The number of nitrogens with one attached hydrogen (secondary N) is 1. The standard InChI is InChI=1S/C14H16N4O3/c19-13(6-8-18-10-15-9-17-18)16-7-5-11-3-1-2-4-12(11)14(20)21/h1-4,9-10H,5-8H2,(H,16,19)(H,20,21). The molecule has 0 aliphatic heterocycles. The van der Waals surface area contributed by atoms with Crippen LogP contribution in [0, 0.1) is 0 Å². The van der Waals surface area contributed by atoms with E-state index in [2.05, 4.69) is 15.4 Å². The van der Waals surface area contributed by atoms with Gasteiger partial charge in [0.2, 0.25) is 5.91 Å². The summed E-state index contributed by atoms with van der Waals surface area (Å²) in [5.41, 5.74) is 0.982. The third-order valence-electron chi connectivity index (χ3n) is 3.00. The van der Waals surface area contributed by atoms with Crippen molar-refractivity contribution in [1.29, 1.82) is 0 Å². The van der Waals surface area contributed by atoms with Crippen LogP contribution in [0.25, 0.3) is 0 Å². The van der Waals surface area contributed by atoms with Gasteiger partial charge in [-0.1, -0.05) is 18.2 Å². The van der Waals surface area contributed by atoms with Gasteiger partial charge in [-0.3, -0.25) is 9.48 Å². The van der Waals surface area contributed by atoms with Crippen molar-refractivity contribution in [2.24, 2.45) is 0 Å². The van der Waals surface area contributed by atoms with Crippen molar-refractivity contribution in [3.8, 4) is 0 Å². The van der Waals surface area contributed by atoms with E-state index in [4.69, 9.17) is 5.11 Å². The Hall–Kier alpha value is -2.70. The summed E-state index contributed by atoms with van der Waals surface area (Å²) in [5, 5.41) is 15.7. The molecule has 7 nitrogen and oxygen atoms in total. The number of amides is 1. The second kappa shape index (κ2) is 7.18. The molecule has 0 radical (unpaired) electrons. The Morgan fingerprint density at radius 1 is 1.29 bits per heavy atom. The maximum Gasteiger partial charge on any atom is 0.335 e. The lowest BCUT2D eigenvalue weighted by molar-refractivity contribution is -0.121. The Labute approximate surface area is 121 Å². The Morgan fingerprint density at radius 2 is 2.10 bits per heavy atom. The van der Waals surface area contributed by atoms with Crippen molar-refractivity contribution in [3.63, 3.8) is 0 Å². The largest absolute Gasteiger partial charge is 0.478 e. The molecular weight excluding hydrogens is 272 g/mol. The summed E-state index contributed by atoms with van der Waals surface area (Å²) in [6.45, 7) is 0.873. The maximum absolute atomic E-state index is 11.7. The highest BCUT2D eigenvalue weighted by Crippen LogP contribution is 2.08. The minimum absolute atomic E-state index is 0.0988. The molecule has 0 bridgehead atoms. The smallest absolute Gasteiger partial charge is 0.335 e. The normalized spacial score (nSPS) is 10.3. The highest BCUT2D eigenvalue weighted by molar-refractivity contribution is 5.89. The number of hydrogen-bond acceptors (Lipinski definition) is 4. The number of benzene rings is 1. The number of carboxylic acids is 1. The predicted molar refractivity (Wildman–Crippen MR) is 74.8 cm³/mol. The van der Waals surface area contributed by atoms with Crippen molar-refractivity contribution in [3.05, 3.63) is 48.0 Å². The molecule has 7 heteroatoms. The van der Waals surface area contributed by atoms with Gasteiger partial charge in [-0.15, -0.1) is 0 Å². The molecule has 0 spiro atoms. The lowest BCUT2D eigenvalue weighted by Crippen LogP contribution is -2.27. The van der Waals surface area contributed by atoms with Crippen LogP contribution in [0.5, 0.6) is 0 Å². The van der Waals surface area contributed by atoms with Gasteiger partial charge in [0.1, 0.15) is 12.7 Å². The zero-order chi connectivity index (χ0) is 15.1. The van der Waals surface area contributed by atoms with Gasteiger partial charge >= 0.3 is 5.97 Å². The number of aromatic nitrogens is 3. The molecule has 0 fully saturated rings. The first-order valence-electron chi connectivity index (χ1n) is 6.57. The molecule has 1 heterocycles. The fourth-order valence-electron chi connectivity index (χ4n) is 1.94. The molecule has 0 aliphatic carbocycles. The van der Waals surface area contributed by atoms with Crippen LogP contribution < -0.4 is 5.32 Å². The summed E-state index contributed by atoms with van der Waals surface area (Å²) >= 11 is 0. The van der Waals surface area contributed by atoms with Crippen LogP contribution in [0.4, 0.5) is 0 Å². The molecule has 2 N–H and O–H groups in total. The maximum atomic E-state index is 11.7. The van der Waals surface area contributed by atoms with E-state index in [1.54, 1.807) is 35.3 Å². The number of carboxylic acid groups (broad SMARTS) is 1. The topological polar surface area (TPSA) is 97.1 Å². The second-order valence-electron chi connectivity index (χ2n) is 4.47. The fraction of sp³-hybridized carbons (Fsp3) is 0.286. The molecule has 2 rings (SSSR count). The average molecular weight is 288 g/mol. The van der Waals surface area contributed by atoms with Crippen molar-refractivity contribution < 1.29 is 14.7 Å². The van der Waals surface area contributed by atoms with Crippen molar-refractivity contribution in [2.45, 2.75) is 19.4 Å². The van der Waals surface area contributed by atoms with E-state index in [1.807, 2.05) is 0 Å². The van der Waals surface area contributed by atoms with Gasteiger partial charge < -0.3 is 10.4 Å². The molecule has 0 unspecified atom stereocenters. The van der Waals surface area contributed by atoms with Gasteiger partial charge in [0, 0.05) is 13.0 Å². The van der Waals surface area contributed by atoms with Crippen LogP contribution in [-0.2, 0) is 17.8 Å². The summed E-state index contributed by atoms with van der Waals surface area (Å²) < 4.78 is 1.58. The first-order chi connectivity index (χ1) is 10.2. The van der Waals surface area contributed by atoms with Crippen LogP contribution in [0.1, 0.15) is 22.3 Å². The third kappa shape index (κ3) is 4.41. The van der Waals surface area contributed by atoms with E-state index >= 15 is 0 Å². The number of rotatable bonds is 7. The monoisotopic (exact) mass is 288 g/mol. The van der Waals surface area contributed by atoms with Gasteiger partial charge in [0.05, 0.1) is 12.1 Å². The van der Waals surface area contributed by atoms with E-state index in [-0.39, 0.29) is 11.5 Å².